The Labute approximate surface area is 114 Å². The number of carbonyl (C=O) groups is 2. The zero-order valence-electron chi connectivity index (χ0n) is 11.0. The van der Waals surface area contributed by atoms with E-state index in [1.54, 1.807) is 0 Å². The van der Waals surface area contributed by atoms with Gasteiger partial charge in [0.05, 0.1) is 17.2 Å². The molecule has 0 saturated carbocycles. The molecule has 0 atom stereocenters. The highest BCUT2D eigenvalue weighted by molar-refractivity contribution is 5.97. The van der Waals surface area contributed by atoms with Crippen LogP contribution in [0.25, 0.3) is 0 Å². The van der Waals surface area contributed by atoms with Crippen molar-refractivity contribution in [3.8, 4) is 5.75 Å². The quantitative estimate of drug-likeness (QED) is 0.649. The number of anilines is 2. The molecule has 1 aromatic rings. The van der Waals surface area contributed by atoms with Crippen molar-refractivity contribution in [1.82, 2.24) is 0 Å². The van der Waals surface area contributed by atoms with Crippen LogP contribution in [-0.2, 0) is 9.59 Å². The van der Waals surface area contributed by atoms with Crippen LogP contribution in [0.15, 0.2) is 12.1 Å². The number of hydrogen-bond acceptors (Lipinski definition) is 5. The van der Waals surface area contributed by atoms with E-state index in [1.165, 1.54) is 30.9 Å². The van der Waals surface area contributed by atoms with Crippen molar-refractivity contribution in [1.29, 1.82) is 0 Å². The molecule has 0 saturated heterocycles. The fraction of sp³-hybridized carbons (Fsp3) is 0.333. The number of ether oxygens (including phenoxy) is 1. The fourth-order valence-corrected chi connectivity index (χ4v) is 2.02. The van der Waals surface area contributed by atoms with E-state index in [9.17, 15) is 19.7 Å². The fourth-order valence-electron chi connectivity index (χ4n) is 2.02. The van der Waals surface area contributed by atoms with Crippen molar-refractivity contribution in [2.45, 2.75) is 13.8 Å². The molecule has 1 aromatic carbocycles. The maximum atomic E-state index is 11.5. The Hall–Kier alpha value is -2.64. The SMILES string of the molecule is CC(=O)Nc1cc2c(cc1[N+](=O)[O-])N(C(C)=O)CCO2. The molecule has 20 heavy (non-hydrogen) atoms. The first-order valence-electron chi connectivity index (χ1n) is 5.91. The van der Waals surface area contributed by atoms with E-state index in [4.69, 9.17) is 4.74 Å². The number of nitrogens with zero attached hydrogens (tertiary/aromatic N) is 2. The lowest BCUT2D eigenvalue weighted by Gasteiger charge is -2.28. The molecular weight excluding hydrogens is 266 g/mol. The van der Waals surface area contributed by atoms with E-state index in [2.05, 4.69) is 5.32 Å². The van der Waals surface area contributed by atoms with Gasteiger partial charge in [-0.2, -0.15) is 0 Å². The summed E-state index contributed by atoms with van der Waals surface area (Å²) in [5.41, 5.74) is 0.104. The number of amides is 2. The van der Waals surface area contributed by atoms with Gasteiger partial charge < -0.3 is 15.0 Å². The van der Waals surface area contributed by atoms with Crippen LogP contribution in [0.5, 0.6) is 5.75 Å². The van der Waals surface area contributed by atoms with E-state index in [-0.39, 0.29) is 17.3 Å². The minimum absolute atomic E-state index is 0.0478. The molecule has 0 aliphatic carbocycles. The van der Waals surface area contributed by atoms with E-state index in [1.807, 2.05) is 0 Å². The normalized spacial score (nSPS) is 13.2. The minimum Gasteiger partial charge on any atom is -0.489 e. The average molecular weight is 279 g/mol. The van der Waals surface area contributed by atoms with Crippen LogP contribution in [0.4, 0.5) is 17.1 Å². The average Bonchev–Trinajstić information content (AvgIpc) is 2.35. The van der Waals surface area contributed by atoms with Crippen molar-refractivity contribution in [2.75, 3.05) is 23.4 Å². The zero-order valence-corrected chi connectivity index (χ0v) is 11.0. The van der Waals surface area contributed by atoms with E-state index >= 15 is 0 Å². The van der Waals surface area contributed by atoms with Crippen LogP contribution >= 0.6 is 0 Å². The van der Waals surface area contributed by atoms with E-state index in [0.717, 1.165) is 0 Å². The summed E-state index contributed by atoms with van der Waals surface area (Å²) < 4.78 is 5.39. The van der Waals surface area contributed by atoms with Gasteiger partial charge in [0.15, 0.2) is 0 Å². The van der Waals surface area contributed by atoms with Crippen molar-refractivity contribution in [3.05, 3.63) is 22.2 Å². The summed E-state index contributed by atoms with van der Waals surface area (Å²) in [6.45, 7) is 3.26. The third-order valence-corrected chi connectivity index (χ3v) is 2.83. The Morgan fingerprint density at radius 3 is 2.65 bits per heavy atom. The molecule has 1 heterocycles. The van der Waals surface area contributed by atoms with E-state index < -0.39 is 10.8 Å². The first-order chi connectivity index (χ1) is 9.40. The van der Waals surface area contributed by atoms with Crippen molar-refractivity contribution in [2.24, 2.45) is 0 Å². The van der Waals surface area contributed by atoms with Gasteiger partial charge in [-0.25, -0.2) is 0 Å². The Kier molecular flexibility index (Phi) is 3.55. The summed E-state index contributed by atoms with van der Waals surface area (Å²) in [6.07, 6.45) is 0. The highest BCUT2D eigenvalue weighted by Crippen LogP contribution is 2.40. The molecule has 8 heteroatoms. The summed E-state index contributed by atoms with van der Waals surface area (Å²) in [6, 6.07) is 2.60. The molecule has 0 bridgehead atoms. The highest BCUT2D eigenvalue weighted by atomic mass is 16.6. The van der Waals surface area contributed by atoms with Crippen LogP contribution in [0.1, 0.15) is 13.8 Å². The molecule has 8 nitrogen and oxygen atoms in total. The molecule has 106 valence electrons. The molecule has 1 N–H and O–H groups in total. The third-order valence-electron chi connectivity index (χ3n) is 2.83. The predicted molar refractivity (Wildman–Crippen MR) is 70.9 cm³/mol. The standard InChI is InChI=1S/C12H13N3O5/c1-7(16)13-9-5-12-11(6-10(9)15(18)19)14(8(2)17)3-4-20-12/h5-6H,3-4H2,1-2H3,(H,13,16). The summed E-state index contributed by atoms with van der Waals surface area (Å²) in [4.78, 5) is 34.5. The van der Waals surface area contributed by atoms with E-state index in [0.29, 0.717) is 24.6 Å². The molecule has 0 fully saturated rings. The van der Waals surface area contributed by atoms with Gasteiger partial charge in [0, 0.05) is 26.0 Å². The number of rotatable bonds is 2. The van der Waals surface area contributed by atoms with Gasteiger partial charge in [-0.15, -0.1) is 0 Å². The Balaban J connectivity index is 2.56. The third kappa shape index (κ3) is 2.53. The first kappa shape index (κ1) is 13.8. The predicted octanol–water partition coefficient (Wildman–Crippen LogP) is 1.30. The van der Waals surface area contributed by atoms with Crippen molar-refractivity contribution >= 4 is 28.9 Å². The summed E-state index contributed by atoms with van der Waals surface area (Å²) in [7, 11) is 0. The lowest BCUT2D eigenvalue weighted by molar-refractivity contribution is -0.383. The number of nitro groups is 1. The topological polar surface area (TPSA) is 102 Å². The van der Waals surface area contributed by atoms with Crippen LogP contribution in [-0.4, -0.2) is 29.9 Å². The lowest BCUT2D eigenvalue weighted by atomic mass is 10.1. The van der Waals surface area contributed by atoms with Crippen molar-refractivity contribution in [3.63, 3.8) is 0 Å². The molecule has 0 aromatic heterocycles. The molecule has 0 unspecified atom stereocenters. The second-order valence-electron chi connectivity index (χ2n) is 4.29. The summed E-state index contributed by atoms with van der Waals surface area (Å²) in [5, 5.41) is 13.5. The number of nitro benzene ring substituents is 1. The zero-order chi connectivity index (χ0) is 14.9. The van der Waals surface area contributed by atoms with Gasteiger partial charge in [0.1, 0.15) is 18.0 Å². The van der Waals surface area contributed by atoms with Gasteiger partial charge >= 0.3 is 0 Å². The van der Waals surface area contributed by atoms with Crippen molar-refractivity contribution < 1.29 is 19.2 Å². The Morgan fingerprint density at radius 1 is 1.40 bits per heavy atom. The maximum Gasteiger partial charge on any atom is 0.295 e. The highest BCUT2D eigenvalue weighted by Gasteiger charge is 2.27. The maximum absolute atomic E-state index is 11.5. The molecule has 2 rings (SSSR count). The first-order valence-corrected chi connectivity index (χ1v) is 5.91. The summed E-state index contributed by atoms with van der Waals surface area (Å²) in [5.74, 6) is -0.316. The minimum atomic E-state index is -0.613. The molecule has 1 aliphatic heterocycles. The van der Waals surface area contributed by atoms with Gasteiger partial charge in [-0.1, -0.05) is 0 Å². The molecule has 1 aliphatic rings. The molecule has 2 amide bonds. The van der Waals surface area contributed by atoms with Gasteiger partial charge in [0.25, 0.3) is 5.69 Å². The second-order valence-corrected chi connectivity index (χ2v) is 4.29. The number of benzene rings is 1. The second kappa shape index (κ2) is 5.16. The largest absolute Gasteiger partial charge is 0.489 e. The number of nitrogens with one attached hydrogen (secondary N) is 1. The van der Waals surface area contributed by atoms with Crippen LogP contribution < -0.4 is 15.0 Å². The van der Waals surface area contributed by atoms with Crippen LogP contribution in [0.3, 0.4) is 0 Å². The van der Waals surface area contributed by atoms with Crippen LogP contribution in [0.2, 0.25) is 0 Å². The smallest absolute Gasteiger partial charge is 0.295 e. The summed E-state index contributed by atoms with van der Waals surface area (Å²) >= 11 is 0. The number of carbonyl (C=O) groups excluding carboxylic acids is 2. The Morgan fingerprint density at radius 2 is 2.10 bits per heavy atom. The monoisotopic (exact) mass is 279 g/mol. The number of hydrogen-bond donors (Lipinski definition) is 1. The lowest BCUT2D eigenvalue weighted by Crippen LogP contribution is -2.36. The molecule has 0 radical (unpaired) electrons. The number of fused-ring (bicyclic) bond motifs is 1. The van der Waals surface area contributed by atoms with Crippen LogP contribution in [0, 0.1) is 10.1 Å². The van der Waals surface area contributed by atoms with Gasteiger partial charge in [0.2, 0.25) is 11.8 Å². The van der Waals surface area contributed by atoms with Gasteiger partial charge in [-0.05, 0) is 0 Å². The molecular formula is C12H13N3O5. The molecule has 0 spiro atoms. The Bertz CT molecular complexity index is 599. The van der Waals surface area contributed by atoms with Gasteiger partial charge in [-0.3, -0.25) is 19.7 Å².